The maximum Gasteiger partial charge on any atom is 0.269 e. The van der Waals surface area contributed by atoms with Gasteiger partial charge in [0.2, 0.25) is 0 Å². The molecule has 1 amide bonds. The number of amides is 1. The number of carbonyl (C=O) groups is 1. The van der Waals surface area contributed by atoms with Crippen molar-refractivity contribution in [3.05, 3.63) is 17.8 Å². The molecule has 0 spiro atoms. The minimum atomic E-state index is -0.575. The van der Waals surface area contributed by atoms with Crippen molar-refractivity contribution in [3.63, 3.8) is 0 Å². The van der Waals surface area contributed by atoms with Gasteiger partial charge in [0.1, 0.15) is 5.82 Å². The Morgan fingerprint density at radius 3 is 2.88 bits per heavy atom. The van der Waals surface area contributed by atoms with Gasteiger partial charge in [0.05, 0.1) is 12.1 Å². The maximum atomic E-state index is 10.8. The Balaban J connectivity index is 2.07. The zero-order valence-electron chi connectivity index (χ0n) is 9.06. The minimum Gasteiger partial charge on any atom is -0.379 e. The zero-order valence-corrected chi connectivity index (χ0v) is 9.06. The third-order valence-corrected chi connectivity index (χ3v) is 2.57. The molecular formula is C10H14N4O2. The number of anilines is 1. The lowest BCUT2D eigenvalue weighted by Crippen LogP contribution is -2.35. The number of nitrogens with one attached hydrogen (secondary N) is 1. The van der Waals surface area contributed by atoms with Crippen LogP contribution in [0.4, 0.5) is 5.82 Å². The van der Waals surface area contributed by atoms with Gasteiger partial charge < -0.3 is 15.8 Å². The van der Waals surface area contributed by atoms with Crippen molar-refractivity contribution >= 4 is 11.7 Å². The van der Waals surface area contributed by atoms with Crippen LogP contribution in [-0.4, -0.2) is 34.9 Å². The lowest BCUT2D eigenvalue weighted by atomic mass is 10.0. The number of ether oxygens (including phenoxy) is 1. The Bertz CT molecular complexity index is 384. The summed E-state index contributed by atoms with van der Waals surface area (Å²) in [7, 11) is 0. The molecule has 6 heteroatoms. The Morgan fingerprint density at radius 1 is 1.56 bits per heavy atom. The van der Waals surface area contributed by atoms with E-state index in [1.807, 2.05) is 0 Å². The van der Waals surface area contributed by atoms with E-state index < -0.39 is 5.91 Å². The Labute approximate surface area is 93.2 Å². The Kier molecular flexibility index (Phi) is 2.74. The monoisotopic (exact) mass is 222 g/mol. The molecule has 1 aromatic rings. The van der Waals surface area contributed by atoms with Gasteiger partial charge in [-0.1, -0.05) is 0 Å². The standard InChI is InChI=1S/C10H14N4O2/c1-10(4-5-16-6-10)12-8-3-2-7(9(11)15)13-14-8/h2-3H,4-6H2,1H3,(H2,11,15)(H,12,14). The van der Waals surface area contributed by atoms with Crippen LogP contribution in [0.2, 0.25) is 0 Å². The van der Waals surface area contributed by atoms with E-state index in [4.69, 9.17) is 10.5 Å². The summed E-state index contributed by atoms with van der Waals surface area (Å²) < 4.78 is 5.31. The molecule has 2 heterocycles. The Morgan fingerprint density at radius 2 is 2.38 bits per heavy atom. The van der Waals surface area contributed by atoms with Crippen molar-refractivity contribution < 1.29 is 9.53 Å². The lowest BCUT2D eigenvalue weighted by molar-refractivity contribution is 0.0994. The van der Waals surface area contributed by atoms with E-state index in [0.717, 1.165) is 13.0 Å². The molecule has 2 rings (SSSR count). The van der Waals surface area contributed by atoms with E-state index in [9.17, 15) is 4.79 Å². The van der Waals surface area contributed by atoms with Crippen molar-refractivity contribution in [3.8, 4) is 0 Å². The summed E-state index contributed by atoms with van der Waals surface area (Å²) in [5.74, 6) is 0.0486. The first-order valence-electron chi connectivity index (χ1n) is 5.09. The highest BCUT2D eigenvalue weighted by molar-refractivity contribution is 5.90. The summed E-state index contributed by atoms with van der Waals surface area (Å²) in [6, 6.07) is 3.24. The number of carbonyl (C=O) groups excluding carboxylic acids is 1. The fourth-order valence-electron chi connectivity index (χ4n) is 1.61. The van der Waals surface area contributed by atoms with Crippen LogP contribution in [0, 0.1) is 0 Å². The number of hydrogen-bond donors (Lipinski definition) is 2. The van der Waals surface area contributed by atoms with Crippen molar-refractivity contribution in [2.45, 2.75) is 18.9 Å². The van der Waals surface area contributed by atoms with Gasteiger partial charge in [-0.3, -0.25) is 4.79 Å². The normalized spacial score (nSPS) is 24.3. The van der Waals surface area contributed by atoms with Crippen LogP contribution in [0.25, 0.3) is 0 Å². The van der Waals surface area contributed by atoms with Crippen molar-refractivity contribution in [2.75, 3.05) is 18.5 Å². The minimum absolute atomic E-state index is 0.108. The van der Waals surface area contributed by atoms with Crippen molar-refractivity contribution in [2.24, 2.45) is 5.73 Å². The maximum absolute atomic E-state index is 10.8. The highest BCUT2D eigenvalue weighted by atomic mass is 16.5. The number of rotatable bonds is 3. The van der Waals surface area contributed by atoms with E-state index >= 15 is 0 Å². The molecule has 0 bridgehead atoms. The molecule has 1 saturated heterocycles. The number of primary amides is 1. The molecule has 86 valence electrons. The van der Waals surface area contributed by atoms with Crippen LogP contribution in [0.5, 0.6) is 0 Å². The van der Waals surface area contributed by atoms with Gasteiger partial charge in [0.25, 0.3) is 5.91 Å². The van der Waals surface area contributed by atoms with Crippen LogP contribution in [0.1, 0.15) is 23.8 Å². The van der Waals surface area contributed by atoms with Gasteiger partial charge in [-0.05, 0) is 25.5 Å². The first kappa shape index (κ1) is 10.8. The predicted octanol–water partition coefficient (Wildman–Crippen LogP) is 0.166. The number of nitrogens with two attached hydrogens (primary N) is 1. The lowest BCUT2D eigenvalue weighted by Gasteiger charge is -2.23. The summed E-state index contributed by atoms with van der Waals surface area (Å²) in [4.78, 5) is 10.8. The van der Waals surface area contributed by atoms with Crippen LogP contribution < -0.4 is 11.1 Å². The number of hydrogen-bond acceptors (Lipinski definition) is 5. The highest BCUT2D eigenvalue weighted by Gasteiger charge is 2.29. The van der Waals surface area contributed by atoms with Crippen LogP contribution in [-0.2, 0) is 4.74 Å². The molecule has 1 aromatic heterocycles. The largest absolute Gasteiger partial charge is 0.379 e. The summed E-state index contributed by atoms with van der Waals surface area (Å²) >= 11 is 0. The van der Waals surface area contributed by atoms with Gasteiger partial charge in [0, 0.05) is 6.61 Å². The average Bonchev–Trinajstić information content (AvgIpc) is 2.65. The quantitative estimate of drug-likeness (QED) is 0.760. The number of nitrogens with zero attached hydrogens (tertiary/aromatic N) is 2. The summed E-state index contributed by atoms with van der Waals surface area (Å²) in [5, 5.41) is 10.8. The van der Waals surface area contributed by atoms with E-state index in [2.05, 4.69) is 22.4 Å². The summed E-state index contributed by atoms with van der Waals surface area (Å²) in [5.41, 5.74) is 5.13. The van der Waals surface area contributed by atoms with Crippen LogP contribution >= 0.6 is 0 Å². The fraction of sp³-hybridized carbons (Fsp3) is 0.500. The van der Waals surface area contributed by atoms with Gasteiger partial charge in [-0.2, -0.15) is 0 Å². The van der Waals surface area contributed by atoms with E-state index in [1.54, 1.807) is 12.1 Å². The molecule has 16 heavy (non-hydrogen) atoms. The van der Waals surface area contributed by atoms with Gasteiger partial charge in [-0.25, -0.2) is 0 Å². The zero-order chi connectivity index (χ0) is 11.6. The first-order valence-corrected chi connectivity index (χ1v) is 5.09. The molecule has 3 N–H and O–H groups in total. The summed E-state index contributed by atoms with van der Waals surface area (Å²) in [6.07, 6.45) is 0.923. The van der Waals surface area contributed by atoms with Gasteiger partial charge >= 0.3 is 0 Å². The number of aromatic nitrogens is 2. The molecule has 1 atom stereocenters. The third-order valence-electron chi connectivity index (χ3n) is 2.57. The predicted molar refractivity (Wildman–Crippen MR) is 58.0 cm³/mol. The second-order valence-electron chi connectivity index (χ2n) is 4.16. The molecule has 0 saturated carbocycles. The molecular weight excluding hydrogens is 208 g/mol. The molecule has 1 aliphatic rings. The van der Waals surface area contributed by atoms with Crippen molar-refractivity contribution in [1.29, 1.82) is 0 Å². The molecule has 0 aromatic carbocycles. The van der Waals surface area contributed by atoms with Gasteiger partial charge in [0.15, 0.2) is 5.69 Å². The first-order chi connectivity index (χ1) is 7.59. The third kappa shape index (κ3) is 2.27. The van der Waals surface area contributed by atoms with E-state index in [0.29, 0.717) is 12.4 Å². The molecule has 1 unspecified atom stereocenters. The molecule has 1 aliphatic heterocycles. The molecule has 6 nitrogen and oxygen atoms in total. The second-order valence-corrected chi connectivity index (χ2v) is 4.16. The highest BCUT2D eigenvalue weighted by Crippen LogP contribution is 2.22. The van der Waals surface area contributed by atoms with E-state index in [-0.39, 0.29) is 11.2 Å². The van der Waals surface area contributed by atoms with Crippen LogP contribution in [0.15, 0.2) is 12.1 Å². The molecule has 0 radical (unpaired) electrons. The Hall–Kier alpha value is -1.69. The molecule has 0 aliphatic carbocycles. The van der Waals surface area contributed by atoms with Gasteiger partial charge in [-0.15, -0.1) is 10.2 Å². The summed E-state index contributed by atoms with van der Waals surface area (Å²) in [6.45, 7) is 3.45. The SMILES string of the molecule is CC1(Nc2ccc(C(N)=O)nn2)CCOC1. The fourth-order valence-corrected chi connectivity index (χ4v) is 1.61. The van der Waals surface area contributed by atoms with Crippen molar-refractivity contribution in [1.82, 2.24) is 10.2 Å². The van der Waals surface area contributed by atoms with E-state index in [1.165, 1.54) is 0 Å². The topological polar surface area (TPSA) is 90.1 Å². The smallest absolute Gasteiger partial charge is 0.269 e. The van der Waals surface area contributed by atoms with Crippen LogP contribution in [0.3, 0.4) is 0 Å². The average molecular weight is 222 g/mol. The second kappa shape index (κ2) is 4.05. The molecule has 1 fully saturated rings.